The number of hydrogen-bond acceptors (Lipinski definition) is 0. The molecule has 0 saturated heterocycles. The van der Waals surface area contributed by atoms with Gasteiger partial charge >= 0.3 is 0 Å². The Bertz CT molecular complexity index is 1120. The van der Waals surface area contributed by atoms with Crippen molar-refractivity contribution in [2.24, 2.45) is 5.92 Å². The lowest BCUT2D eigenvalue weighted by Gasteiger charge is -2.16. The van der Waals surface area contributed by atoms with Crippen molar-refractivity contribution in [1.82, 2.24) is 0 Å². The Morgan fingerprint density at radius 3 is 2.00 bits per heavy atom. The van der Waals surface area contributed by atoms with Gasteiger partial charge in [-0.1, -0.05) is 79.2 Å². The molecule has 134 valence electrons. The fraction of sp³-hybridized carbons (Fsp3) is 0.259. The van der Waals surface area contributed by atoms with E-state index in [1.165, 1.54) is 56.7 Å². The van der Waals surface area contributed by atoms with Crippen LogP contribution in [0.3, 0.4) is 0 Å². The summed E-state index contributed by atoms with van der Waals surface area (Å²) in [6.45, 7) is 6.88. The highest BCUT2D eigenvalue weighted by Crippen LogP contribution is 2.47. The van der Waals surface area contributed by atoms with E-state index in [0.717, 1.165) is 0 Å². The average Bonchev–Trinajstić information content (AvgIpc) is 3.19. The van der Waals surface area contributed by atoms with Gasteiger partial charge in [0.2, 0.25) is 0 Å². The molecule has 27 heavy (non-hydrogen) atoms. The molecule has 0 radical (unpaired) electrons. The molecule has 2 aliphatic rings. The smallest absolute Gasteiger partial charge is 0.0105 e. The van der Waals surface area contributed by atoms with Crippen LogP contribution < -0.4 is 10.4 Å². The van der Waals surface area contributed by atoms with E-state index in [0.29, 0.717) is 11.8 Å². The summed E-state index contributed by atoms with van der Waals surface area (Å²) in [6.07, 6.45) is 4.83. The molecular weight excluding hydrogens is 324 g/mol. The fourth-order valence-corrected chi connectivity index (χ4v) is 5.28. The fourth-order valence-electron chi connectivity index (χ4n) is 5.28. The molecule has 0 aliphatic heterocycles. The van der Waals surface area contributed by atoms with Crippen LogP contribution in [0.15, 0.2) is 60.7 Å². The van der Waals surface area contributed by atoms with Gasteiger partial charge in [0.15, 0.2) is 0 Å². The van der Waals surface area contributed by atoms with Crippen LogP contribution in [0, 0.1) is 19.8 Å². The Morgan fingerprint density at radius 2 is 1.33 bits per heavy atom. The predicted octanol–water partition coefficient (Wildman–Crippen LogP) is 5.48. The van der Waals surface area contributed by atoms with Crippen LogP contribution >= 0.6 is 0 Å². The summed E-state index contributed by atoms with van der Waals surface area (Å²) in [5.41, 5.74) is 10.4. The maximum Gasteiger partial charge on any atom is 0.0105 e. The van der Waals surface area contributed by atoms with Gasteiger partial charge in [-0.05, 0) is 76.4 Å². The van der Waals surface area contributed by atoms with Gasteiger partial charge in [-0.25, -0.2) is 0 Å². The largest absolute Gasteiger partial charge is 0.0694 e. The molecule has 3 aromatic rings. The first kappa shape index (κ1) is 16.6. The molecule has 3 aromatic carbocycles. The van der Waals surface area contributed by atoms with E-state index in [1.807, 2.05) is 0 Å². The third kappa shape index (κ3) is 2.51. The van der Waals surface area contributed by atoms with Gasteiger partial charge in [0.1, 0.15) is 0 Å². The summed E-state index contributed by atoms with van der Waals surface area (Å²) in [4.78, 5) is 0. The molecule has 0 bridgehead atoms. The second-order valence-corrected chi connectivity index (χ2v) is 8.23. The summed E-state index contributed by atoms with van der Waals surface area (Å²) in [6, 6.07) is 22.5. The standard InChI is InChI=1S/C27H26/c1-17-12-13-18(2)27-20(19(3)16-26(17)27)14-15-25-23-10-6-4-8-21(23)22-9-5-7-11-24(22)25/h4-13,16,19,25H,14-15H2,1-3H3. The van der Waals surface area contributed by atoms with Crippen LogP contribution in [0.4, 0.5) is 0 Å². The first-order chi connectivity index (χ1) is 13.1. The summed E-state index contributed by atoms with van der Waals surface area (Å²) < 4.78 is 0. The van der Waals surface area contributed by atoms with E-state index < -0.39 is 0 Å². The molecule has 1 unspecified atom stereocenters. The SMILES string of the molecule is Cc1ccc(C)c2c1=CC(C)C=2CCC1c2ccccc2-c2ccccc21. The van der Waals surface area contributed by atoms with Crippen molar-refractivity contribution < 1.29 is 0 Å². The Labute approximate surface area is 161 Å². The van der Waals surface area contributed by atoms with Crippen molar-refractivity contribution in [3.8, 4) is 11.1 Å². The zero-order valence-electron chi connectivity index (χ0n) is 16.4. The molecule has 0 saturated carbocycles. The molecule has 0 spiro atoms. The lowest BCUT2D eigenvalue weighted by Crippen LogP contribution is -2.28. The third-order valence-electron chi connectivity index (χ3n) is 6.62. The quantitative estimate of drug-likeness (QED) is 0.587. The number of aryl methyl sites for hydroxylation is 2. The van der Waals surface area contributed by atoms with Gasteiger partial charge < -0.3 is 0 Å². The number of hydrogen-bond donors (Lipinski definition) is 0. The van der Waals surface area contributed by atoms with Gasteiger partial charge in [0.05, 0.1) is 0 Å². The van der Waals surface area contributed by atoms with Crippen LogP contribution in [0.2, 0.25) is 0 Å². The molecule has 1 atom stereocenters. The van der Waals surface area contributed by atoms with Crippen molar-refractivity contribution in [3.63, 3.8) is 0 Å². The minimum absolute atomic E-state index is 0.520. The summed E-state index contributed by atoms with van der Waals surface area (Å²) in [5.74, 6) is 1.07. The van der Waals surface area contributed by atoms with Gasteiger partial charge in [0, 0.05) is 5.92 Å². The molecular formula is C27H26. The first-order valence-electron chi connectivity index (χ1n) is 10.1. The van der Waals surface area contributed by atoms with E-state index >= 15 is 0 Å². The molecule has 0 heterocycles. The second kappa shape index (κ2) is 6.23. The zero-order valence-corrected chi connectivity index (χ0v) is 16.4. The zero-order chi connectivity index (χ0) is 18.5. The molecule has 0 N–H and O–H groups in total. The number of benzene rings is 3. The van der Waals surface area contributed by atoms with E-state index in [-0.39, 0.29) is 0 Å². The number of fused-ring (bicyclic) bond motifs is 4. The monoisotopic (exact) mass is 350 g/mol. The normalized spacial score (nSPS) is 17.4. The Kier molecular flexibility index (Phi) is 3.82. The summed E-state index contributed by atoms with van der Waals surface area (Å²) in [7, 11) is 0. The van der Waals surface area contributed by atoms with Gasteiger partial charge in [-0.2, -0.15) is 0 Å². The van der Waals surface area contributed by atoms with Crippen molar-refractivity contribution >= 4 is 11.6 Å². The molecule has 0 heteroatoms. The van der Waals surface area contributed by atoms with E-state index in [9.17, 15) is 0 Å². The van der Waals surface area contributed by atoms with Crippen LogP contribution in [-0.2, 0) is 0 Å². The molecule has 0 aromatic heterocycles. The Balaban J connectivity index is 1.56. The average molecular weight is 351 g/mol. The molecule has 2 aliphatic carbocycles. The van der Waals surface area contributed by atoms with Crippen molar-refractivity contribution in [2.75, 3.05) is 0 Å². The van der Waals surface area contributed by atoms with Crippen LogP contribution in [0.5, 0.6) is 0 Å². The molecule has 0 amide bonds. The van der Waals surface area contributed by atoms with Crippen molar-refractivity contribution in [1.29, 1.82) is 0 Å². The maximum absolute atomic E-state index is 2.48. The molecule has 5 rings (SSSR count). The third-order valence-corrected chi connectivity index (χ3v) is 6.62. The van der Waals surface area contributed by atoms with Crippen molar-refractivity contribution in [2.45, 2.75) is 39.5 Å². The predicted molar refractivity (Wildman–Crippen MR) is 115 cm³/mol. The highest BCUT2D eigenvalue weighted by atomic mass is 14.3. The van der Waals surface area contributed by atoms with Crippen LogP contribution in [-0.4, -0.2) is 0 Å². The Morgan fingerprint density at radius 1 is 0.741 bits per heavy atom. The highest BCUT2D eigenvalue weighted by molar-refractivity contribution is 5.79. The lowest BCUT2D eigenvalue weighted by atomic mass is 9.87. The maximum atomic E-state index is 2.48. The lowest BCUT2D eigenvalue weighted by molar-refractivity contribution is 0.731. The summed E-state index contributed by atoms with van der Waals surface area (Å²) >= 11 is 0. The van der Waals surface area contributed by atoms with Gasteiger partial charge in [-0.3, -0.25) is 0 Å². The van der Waals surface area contributed by atoms with Crippen molar-refractivity contribution in [3.05, 3.63) is 93.4 Å². The minimum Gasteiger partial charge on any atom is -0.0694 e. The van der Waals surface area contributed by atoms with Crippen LogP contribution in [0.1, 0.15) is 47.9 Å². The van der Waals surface area contributed by atoms with E-state index in [4.69, 9.17) is 0 Å². The Hall–Kier alpha value is -2.60. The van der Waals surface area contributed by atoms with Gasteiger partial charge in [-0.15, -0.1) is 0 Å². The van der Waals surface area contributed by atoms with E-state index in [1.54, 1.807) is 5.57 Å². The first-order valence-corrected chi connectivity index (χ1v) is 10.1. The van der Waals surface area contributed by atoms with E-state index in [2.05, 4.69) is 87.5 Å². The second-order valence-electron chi connectivity index (χ2n) is 8.23. The topological polar surface area (TPSA) is 0 Å². The molecule has 0 fully saturated rings. The molecule has 0 nitrogen and oxygen atoms in total. The van der Waals surface area contributed by atoms with Crippen LogP contribution in [0.25, 0.3) is 22.8 Å². The van der Waals surface area contributed by atoms with Gasteiger partial charge in [0.25, 0.3) is 0 Å². The summed E-state index contributed by atoms with van der Waals surface area (Å²) in [5, 5.41) is 3.01. The number of rotatable bonds is 3. The minimum atomic E-state index is 0.520. The highest BCUT2D eigenvalue weighted by Gasteiger charge is 2.28.